The number of hydrogen-bond donors (Lipinski definition) is 1. The van der Waals surface area contributed by atoms with Gasteiger partial charge in [0, 0.05) is 12.2 Å². The van der Waals surface area contributed by atoms with Crippen LogP contribution in [-0.2, 0) is 13.0 Å². The minimum atomic E-state index is -1.37. The molecule has 3 aliphatic rings. The number of aromatic carboxylic acids is 1. The lowest BCUT2D eigenvalue weighted by atomic mass is 9.88. The van der Waals surface area contributed by atoms with E-state index in [-0.39, 0.29) is 42.7 Å². The second-order valence-corrected chi connectivity index (χ2v) is 11.0. The Morgan fingerprint density at radius 3 is 2.54 bits per heavy atom. The summed E-state index contributed by atoms with van der Waals surface area (Å²) < 4.78 is 7.64. The van der Waals surface area contributed by atoms with E-state index >= 15 is 0 Å². The summed E-state index contributed by atoms with van der Waals surface area (Å²) in [6.45, 7) is 4.13. The van der Waals surface area contributed by atoms with E-state index in [2.05, 4.69) is 24.3 Å². The number of benzene rings is 2. The Morgan fingerprint density at radius 1 is 1.02 bits per heavy atom. The van der Waals surface area contributed by atoms with E-state index in [4.69, 9.17) is 4.74 Å². The molecule has 41 heavy (non-hydrogen) atoms. The van der Waals surface area contributed by atoms with Gasteiger partial charge >= 0.3 is 5.97 Å². The van der Waals surface area contributed by atoms with Crippen LogP contribution in [0.2, 0.25) is 0 Å². The van der Waals surface area contributed by atoms with Crippen molar-refractivity contribution >= 4 is 11.9 Å². The van der Waals surface area contributed by atoms with Gasteiger partial charge in [-0.1, -0.05) is 66.7 Å². The van der Waals surface area contributed by atoms with E-state index in [0.29, 0.717) is 0 Å². The van der Waals surface area contributed by atoms with Gasteiger partial charge in [0.25, 0.3) is 5.91 Å². The van der Waals surface area contributed by atoms with Crippen molar-refractivity contribution in [3.63, 3.8) is 0 Å². The summed E-state index contributed by atoms with van der Waals surface area (Å²) in [6.07, 6.45) is 9.27. The Labute approximate surface area is 238 Å². The molecular weight excluding hydrogens is 518 g/mol. The lowest BCUT2D eigenvalue weighted by Gasteiger charge is -2.46. The topological polar surface area (TPSA) is 92.1 Å². The summed E-state index contributed by atoms with van der Waals surface area (Å²) in [6, 6.07) is 17.2. The van der Waals surface area contributed by atoms with Crippen LogP contribution in [0.5, 0.6) is 5.75 Å². The molecule has 8 nitrogen and oxygen atoms in total. The van der Waals surface area contributed by atoms with Gasteiger partial charge in [0.05, 0.1) is 6.04 Å². The number of aromatic nitrogens is 1. The Bertz CT molecular complexity index is 1640. The fourth-order valence-electron chi connectivity index (χ4n) is 6.14. The normalized spacial score (nSPS) is 18.1. The van der Waals surface area contributed by atoms with Crippen molar-refractivity contribution in [2.24, 2.45) is 0 Å². The van der Waals surface area contributed by atoms with Crippen LogP contribution < -0.4 is 15.2 Å². The molecule has 2 aromatic carbocycles. The zero-order valence-corrected chi connectivity index (χ0v) is 23.2. The lowest BCUT2D eigenvalue weighted by molar-refractivity contribution is 0.0608. The number of fused-ring (bicyclic) bond motifs is 2. The van der Waals surface area contributed by atoms with Gasteiger partial charge in [-0.2, -0.15) is 0 Å². The molecule has 3 aromatic rings. The SMILES string of the molecule is CC(C)N1CN(C2C3=C(C=CCC3)CCc3ccccc32)n2cc(C(=O)O)c(=O)c(OCc3ccccc3)c2C1=O. The van der Waals surface area contributed by atoms with Gasteiger partial charge in [-0.15, -0.1) is 0 Å². The average Bonchev–Trinajstić information content (AvgIpc) is 3.14. The summed E-state index contributed by atoms with van der Waals surface area (Å²) in [5.41, 5.74) is 4.47. The Balaban J connectivity index is 1.59. The number of allylic oxidation sites excluding steroid dienone is 3. The number of carbonyl (C=O) groups excluding carboxylic acids is 1. The van der Waals surface area contributed by atoms with Crippen molar-refractivity contribution in [2.45, 2.75) is 58.2 Å². The standard InChI is InChI=1S/C33H33N3O5/c1-21(2)34-20-36(28-25-14-8-6-12-23(25)16-17-24-13-7-9-15-26(24)28)35-18-27(33(39)40)30(37)31(29(35)32(34)38)41-19-22-10-4-3-5-11-22/h3-8,10-14,18,21,28H,9,15-17,19-20H2,1-2H3,(H,39,40). The Kier molecular flexibility index (Phi) is 6.99. The van der Waals surface area contributed by atoms with Crippen LogP contribution in [0.4, 0.5) is 0 Å². The van der Waals surface area contributed by atoms with Crippen LogP contribution in [0, 0.1) is 0 Å². The first-order valence-corrected chi connectivity index (χ1v) is 14.1. The van der Waals surface area contributed by atoms with Crippen molar-refractivity contribution in [2.75, 3.05) is 11.7 Å². The minimum absolute atomic E-state index is 0.0213. The molecule has 1 aromatic heterocycles. The third-order valence-electron chi connectivity index (χ3n) is 8.22. The maximum Gasteiger partial charge on any atom is 0.341 e. The van der Waals surface area contributed by atoms with Crippen molar-refractivity contribution in [1.29, 1.82) is 0 Å². The molecule has 210 valence electrons. The number of aryl methyl sites for hydroxylation is 1. The second-order valence-electron chi connectivity index (χ2n) is 11.0. The number of carboxylic acid groups (broad SMARTS) is 1. The summed E-state index contributed by atoms with van der Waals surface area (Å²) in [4.78, 5) is 41.7. The molecule has 8 heteroatoms. The average molecular weight is 552 g/mol. The van der Waals surface area contributed by atoms with Gasteiger partial charge in [-0.25, -0.2) is 4.79 Å². The molecule has 0 fully saturated rings. The molecule has 1 aliphatic heterocycles. The first kappa shape index (κ1) is 26.6. The zero-order valence-electron chi connectivity index (χ0n) is 23.2. The highest BCUT2D eigenvalue weighted by molar-refractivity contribution is 5.98. The molecular formula is C33H33N3O5. The highest BCUT2D eigenvalue weighted by Crippen LogP contribution is 2.42. The van der Waals surface area contributed by atoms with Crippen LogP contribution in [0.15, 0.2) is 88.9 Å². The molecule has 0 spiro atoms. The van der Waals surface area contributed by atoms with Gasteiger partial charge in [0.2, 0.25) is 5.43 Å². The fourth-order valence-corrected chi connectivity index (χ4v) is 6.14. The highest BCUT2D eigenvalue weighted by Gasteiger charge is 2.41. The molecule has 1 N–H and O–H groups in total. The summed E-state index contributed by atoms with van der Waals surface area (Å²) in [5, 5.41) is 12.1. The number of nitrogens with zero attached hydrogens (tertiary/aromatic N) is 3. The molecule has 1 unspecified atom stereocenters. The maximum atomic E-state index is 14.0. The second kappa shape index (κ2) is 10.8. The number of hydrogen-bond acceptors (Lipinski definition) is 5. The first-order chi connectivity index (χ1) is 19.8. The van der Waals surface area contributed by atoms with Crippen LogP contribution >= 0.6 is 0 Å². The molecule has 1 atom stereocenters. The van der Waals surface area contributed by atoms with E-state index in [0.717, 1.165) is 36.8 Å². The third kappa shape index (κ3) is 4.73. The Hall–Kier alpha value is -4.59. The molecule has 6 rings (SSSR count). The van der Waals surface area contributed by atoms with E-state index in [9.17, 15) is 19.5 Å². The molecule has 0 saturated carbocycles. The summed E-state index contributed by atoms with van der Waals surface area (Å²) in [7, 11) is 0. The van der Waals surface area contributed by atoms with E-state index in [1.165, 1.54) is 22.9 Å². The van der Waals surface area contributed by atoms with Gasteiger partial charge in [0.1, 0.15) is 18.8 Å². The molecule has 0 bridgehead atoms. The van der Waals surface area contributed by atoms with Crippen LogP contribution in [0.25, 0.3) is 0 Å². The number of rotatable bonds is 6. The fraction of sp³-hybridized carbons (Fsp3) is 0.303. The van der Waals surface area contributed by atoms with E-state index < -0.39 is 17.0 Å². The quantitative estimate of drug-likeness (QED) is 0.452. The van der Waals surface area contributed by atoms with E-state index in [1.807, 2.05) is 61.3 Å². The first-order valence-electron chi connectivity index (χ1n) is 14.1. The number of pyridine rings is 1. The minimum Gasteiger partial charge on any atom is -0.482 e. The predicted octanol–water partition coefficient (Wildman–Crippen LogP) is 5.22. The lowest BCUT2D eigenvalue weighted by Crippen LogP contribution is -2.58. The van der Waals surface area contributed by atoms with Crippen molar-refractivity contribution < 1.29 is 19.4 Å². The van der Waals surface area contributed by atoms with Crippen LogP contribution in [-0.4, -0.2) is 39.3 Å². The zero-order chi connectivity index (χ0) is 28.7. The monoisotopic (exact) mass is 551 g/mol. The maximum absolute atomic E-state index is 14.0. The summed E-state index contributed by atoms with van der Waals surface area (Å²) >= 11 is 0. The molecule has 0 radical (unpaired) electrons. The van der Waals surface area contributed by atoms with Crippen LogP contribution in [0.3, 0.4) is 0 Å². The third-order valence-corrected chi connectivity index (χ3v) is 8.22. The summed E-state index contributed by atoms with van der Waals surface area (Å²) in [5.74, 6) is -1.97. The van der Waals surface area contributed by atoms with Gasteiger partial charge < -0.3 is 14.7 Å². The highest BCUT2D eigenvalue weighted by atomic mass is 16.5. The number of carboxylic acids is 1. The number of ether oxygens (including phenoxy) is 1. The van der Waals surface area contributed by atoms with Gasteiger partial charge in [-0.3, -0.25) is 19.3 Å². The molecule has 2 heterocycles. The van der Waals surface area contributed by atoms with Crippen molar-refractivity contribution in [1.82, 2.24) is 9.58 Å². The largest absolute Gasteiger partial charge is 0.482 e. The number of carbonyl (C=O) groups is 2. The van der Waals surface area contributed by atoms with Crippen molar-refractivity contribution in [3.05, 3.63) is 122 Å². The van der Waals surface area contributed by atoms with Gasteiger partial charge in [-0.05, 0) is 67.4 Å². The smallest absolute Gasteiger partial charge is 0.341 e. The van der Waals surface area contributed by atoms with Gasteiger partial charge in [0.15, 0.2) is 11.4 Å². The Morgan fingerprint density at radius 2 is 1.78 bits per heavy atom. The van der Waals surface area contributed by atoms with E-state index in [1.54, 1.807) is 9.58 Å². The predicted molar refractivity (Wildman–Crippen MR) is 156 cm³/mol. The molecule has 1 amide bonds. The number of amides is 1. The molecule has 2 aliphatic carbocycles. The molecule has 0 saturated heterocycles. The van der Waals surface area contributed by atoms with Crippen molar-refractivity contribution in [3.8, 4) is 5.75 Å². The van der Waals surface area contributed by atoms with Crippen LogP contribution in [0.1, 0.15) is 76.7 Å².